The average molecular weight is 401 g/mol. The van der Waals surface area contributed by atoms with Crippen LogP contribution in [0.4, 0.5) is 0 Å². The number of ether oxygens (including phenoxy) is 2. The molecule has 1 fully saturated rings. The predicted molar refractivity (Wildman–Crippen MR) is 107 cm³/mol. The predicted octanol–water partition coefficient (Wildman–Crippen LogP) is 3.22. The van der Waals surface area contributed by atoms with Crippen LogP contribution in [0.15, 0.2) is 35.7 Å². The number of benzene rings is 1. The fraction of sp³-hybridized carbons (Fsp3) is 0.429. The number of carbonyl (C=O) groups excluding carboxylic acids is 2. The second-order valence-electron chi connectivity index (χ2n) is 7.15. The Hall–Kier alpha value is -2.54. The van der Waals surface area contributed by atoms with E-state index in [4.69, 9.17) is 9.47 Å². The number of hydrogen-bond acceptors (Lipinski definition) is 5. The van der Waals surface area contributed by atoms with E-state index in [9.17, 15) is 9.59 Å². The molecule has 2 aromatic rings. The fourth-order valence-electron chi connectivity index (χ4n) is 3.67. The van der Waals surface area contributed by atoms with Gasteiger partial charge in [-0.15, -0.1) is 11.3 Å². The third-order valence-electron chi connectivity index (χ3n) is 5.06. The van der Waals surface area contributed by atoms with Crippen LogP contribution in [0, 0.1) is 0 Å². The first-order chi connectivity index (χ1) is 13.7. The Bertz CT molecular complexity index is 831. The van der Waals surface area contributed by atoms with Crippen molar-refractivity contribution in [1.29, 1.82) is 0 Å². The molecule has 1 aliphatic carbocycles. The highest BCUT2D eigenvalue weighted by molar-refractivity contribution is 7.09. The zero-order chi connectivity index (χ0) is 19.3. The minimum Gasteiger partial charge on any atom is -0.486 e. The first-order valence-corrected chi connectivity index (χ1v) is 10.6. The van der Waals surface area contributed by atoms with E-state index in [2.05, 4.69) is 5.32 Å². The van der Waals surface area contributed by atoms with Crippen LogP contribution in [-0.4, -0.2) is 42.5 Å². The molecule has 0 atom stereocenters. The minimum atomic E-state index is -0.188. The molecule has 28 heavy (non-hydrogen) atoms. The number of fused-ring (bicyclic) bond motifs is 1. The molecule has 4 rings (SSSR count). The van der Waals surface area contributed by atoms with Crippen molar-refractivity contribution >= 4 is 23.2 Å². The molecule has 0 unspecified atom stereocenters. The molecule has 2 heterocycles. The molecule has 0 radical (unpaired) electrons. The number of nitrogens with zero attached hydrogens (tertiary/aromatic N) is 1. The number of rotatable bonds is 6. The Morgan fingerprint density at radius 1 is 1.11 bits per heavy atom. The van der Waals surface area contributed by atoms with Gasteiger partial charge in [0.05, 0.1) is 6.54 Å². The summed E-state index contributed by atoms with van der Waals surface area (Å²) in [6, 6.07) is 9.35. The van der Waals surface area contributed by atoms with Gasteiger partial charge in [0.1, 0.15) is 19.8 Å². The van der Waals surface area contributed by atoms with Crippen LogP contribution in [0.3, 0.4) is 0 Å². The molecule has 0 saturated heterocycles. The highest BCUT2D eigenvalue weighted by atomic mass is 32.1. The summed E-state index contributed by atoms with van der Waals surface area (Å²) in [4.78, 5) is 28.4. The van der Waals surface area contributed by atoms with Crippen molar-refractivity contribution in [2.24, 2.45) is 0 Å². The van der Waals surface area contributed by atoms with Gasteiger partial charge in [0.25, 0.3) is 5.91 Å². The quantitative estimate of drug-likeness (QED) is 0.808. The van der Waals surface area contributed by atoms with E-state index in [1.54, 1.807) is 34.4 Å². The van der Waals surface area contributed by atoms with Crippen LogP contribution < -0.4 is 14.8 Å². The van der Waals surface area contributed by atoms with Gasteiger partial charge in [0, 0.05) is 16.5 Å². The molecule has 0 bridgehead atoms. The van der Waals surface area contributed by atoms with Crippen LogP contribution in [0.1, 0.15) is 40.9 Å². The highest BCUT2D eigenvalue weighted by Crippen LogP contribution is 2.31. The maximum atomic E-state index is 13.2. The largest absolute Gasteiger partial charge is 0.486 e. The molecule has 2 aliphatic rings. The van der Waals surface area contributed by atoms with Gasteiger partial charge >= 0.3 is 0 Å². The van der Waals surface area contributed by atoms with Crippen molar-refractivity contribution in [2.75, 3.05) is 19.8 Å². The molecule has 0 spiro atoms. The Morgan fingerprint density at radius 3 is 2.64 bits per heavy atom. The first kappa shape index (κ1) is 18.8. The number of thiophene rings is 1. The summed E-state index contributed by atoms with van der Waals surface area (Å²) in [5.41, 5.74) is 0.495. The van der Waals surface area contributed by atoms with E-state index in [0.717, 1.165) is 30.6 Å². The van der Waals surface area contributed by atoms with Crippen LogP contribution >= 0.6 is 11.3 Å². The van der Waals surface area contributed by atoms with E-state index in [-0.39, 0.29) is 24.4 Å². The van der Waals surface area contributed by atoms with Gasteiger partial charge in [-0.25, -0.2) is 0 Å². The summed E-state index contributed by atoms with van der Waals surface area (Å²) in [6.45, 7) is 1.42. The average Bonchev–Trinajstić information content (AvgIpc) is 3.41. The molecule has 2 amide bonds. The summed E-state index contributed by atoms with van der Waals surface area (Å²) in [6.07, 6.45) is 4.35. The normalized spacial score (nSPS) is 16.0. The smallest absolute Gasteiger partial charge is 0.254 e. The van der Waals surface area contributed by atoms with E-state index >= 15 is 0 Å². The third kappa shape index (κ3) is 4.47. The van der Waals surface area contributed by atoms with Gasteiger partial charge in [-0.1, -0.05) is 18.9 Å². The number of hydrogen-bond donors (Lipinski definition) is 1. The minimum absolute atomic E-state index is 0.0433. The number of amides is 2. The fourth-order valence-corrected chi connectivity index (χ4v) is 4.39. The molecule has 1 aliphatic heterocycles. The lowest BCUT2D eigenvalue weighted by molar-refractivity contribution is -0.122. The van der Waals surface area contributed by atoms with Crippen LogP contribution in [-0.2, 0) is 11.3 Å². The molecule has 1 N–H and O–H groups in total. The maximum absolute atomic E-state index is 13.2. The van der Waals surface area contributed by atoms with E-state index in [0.29, 0.717) is 36.8 Å². The number of carbonyl (C=O) groups is 2. The zero-order valence-electron chi connectivity index (χ0n) is 15.7. The Kier molecular flexibility index (Phi) is 5.81. The lowest BCUT2D eigenvalue weighted by Gasteiger charge is -2.24. The van der Waals surface area contributed by atoms with Crippen molar-refractivity contribution in [2.45, 2.75) is 38.3 Å². The number of nitrogens with one attached hydrogen (secondary N) is 1. The van der Waals surface area contributed by atoms with Crippen LogP contribution in [0.2, 0.25) is 0 Å². The van der Waals surface area contributed by atoms with Crippen molar-refractivity contribution < 1.29 is 19.1 Å². The third-order valence-corrected chi connectivity index (χ3v) is 5.92. The molecule has 148 valence electrons. The van der Waals surface area contributed by atoms with Crippen molar-refractivity contribution in [3.63, 3.8) is 0 Å². The van der Waals surface area contributed by atoms with Gasteiger partial charge in [-0.05, 0) is 42.5 Å². The molecule has 1 aromatic heterocycles. The lowest BCUT2D eigenvalue weighted by Crippen LogP contribution is -2.43. The van der Waals surface area contributed by atoms with Crippen molar-refractivity contribution in [1.82, 2.24) is 10.2 Å². The van der Waals surface area contributed by atoms with Gasteiger partial charge in [0.15, 0.2) is 11.5 Å². The van der Waals surface area contributed by atoms with Crippen molar-refractivity contribution in [3.05, 3.63) is 46.2 Å². The molecule has 6 nitrogen and oxygen atoms in total. The second kappa shape index (κ2) is 8.65. The summed E-state index contributed by atoms with van der Waals surface area (Å²) in [7, 11) is 0. The van der Waals surface area contributed by atoms with Crippen molar-refractivity contribution in [3.8, 4) is 11.5 Å². The standard InChI is InChI=1S/C21H24N2O4S/c24-20(22-16-4-1-2-5-16)14-23(13-17-6-3-11-28-17)21(25)15-7-8-18-19(12-15)27-10-9-26-18/h3,6-8,11-12,16H,1-2,4-5,9-10,13-14H2,(H,22,24). The van der Waals surface area contributed by atoms with Gasteiger partial charge in [0.2, 0.25) is 5.91 Å². The maximum Gasteiger partial charge on any atom is 0.254 e. The summed E-state index contributed by atoms with van der Waals surface area (Å²) in [5, 5.41) is 5.04. The Labute approximate surface area is 168 Å². The monoisotopic (exact) mass is 400 g/mol. The lowest BCUT2D eigenvalue weighted by atomic mass is 10.1. The van der Waals surface area contributed by atoms with Gasteiger partial charge in [-0.3, -0.25) is 9.59 Å². The highest BCUT2D eigenvalue weighted by Gasteiger charge is 2.24. The second-order valence-corrected chi connectivity index (χ2v) is 8.18. The van der Waals surface area contributed by atoms with Gasteiger partial charge in [-0.2, -0.15) is 0 Å². The first-order valence-electron chi connectivity index (χ1n) is 9.70. The molecule has 7 heteroatoms. The van der Waals surface area contributed by atoms with E-state index < -0.39 is 0 Å². The van der Waals surface area contributed by atoms with Crippen LogP contribution in [0.25, 0.3) is 0 Å². The zero-order valence-corrected chi connectivity index (χ0v) is 16.5. The molecule has 1 aromatic carbocycles. The molecular weight excluding hydrogens is 376 g/mol. The van der Waals surface area contributed by atoms with E-state index in [1.807, 2.05) is 17.5 Å². The topological polar surface area (TPSA) is 67.9 Å². The van der Waals surface area contributed by atoms with E-state index in [1.165, 1.54) is 0 Å². The SMILES string of the molecule is O=C(CN(Cc1cccs1)C(=O)c1ccc2c(c1)OCCO2)NC1CCCC1. The summed E-state index contributed by atoms with van der Waals surface area (Å²) in [5.74, 6) is 0.927. The molecular formula is C21H24N2O4S. The Balaban J connectivity index is 1.50. The van der Waals surface area contributed by atoms with Gasteiger partial charge < -0.3 is 19.7 Å². The summed E-state index contributed by atoms with van der Waals surface area (Å²) < 4.78 is 11.1. The summed E-state index contributed by atoms with van der Waals surface area (Å²) >= 11 is 1.58. The molecule has 1 saturated carbocycles. The van der Waals surface area contributed by atoms with Crippen LogP contribution in [0.5, 0.6) is 11.5 Å². The Morgan fingerprint density at radius 2 is 1.89 bits per heavy atom.